The number of benzene rings is 2. The number of hydrogen-bond donors (Lipinski definition) is 2. The third-order valence-electron chi connectivity index (χ3n) is 4.74. The Bertz CT molecular complexity index is 823. The standard InChI is InChI=1S/C21H23N3O3/c1-21(17-12-6-3-7-13-17)19(26)24(20(27)23-21)15-18(25)22-14-8-11-16-9-4-2-5-10-16/h2-7,9-10,12-13H,8,11,14-15H2,1H3,(H,22,25)(H,23,27). The molecule has 1 fully saturated rings. The van der Waals surface area contributed by atoms with Crippen molar-refractivity contribution in [2.24, 2.45) is 0 Å². The predicted molar refractivity (Wildman–Crippen MR) is 102 cm³/mol. The average Bonchev–Trinajstić information content (AvgIpc) is 2.91. The summed E-state index contributed by atoms with van der Waals surface area (Å²) in [6.07, 6.45) is 1.65. The summed E-state index contributed by atoms with van der Waals surface area (Å²) in [6, 6.07) is 18.5. The monoisotopic (exact) mass is 365 g/mol. The van der Waals surface area contributed by atoms with Crippen LogP contribution in [-0.4, -0.2) is 35.8 Å². The van der Waals surface area contributed by atoms with Crippen molar-refractivity contribution in [3.05, 3.63) is 71.8 Å². The number of amides is 4. The molecule has 1 heterocycles. The van der Waals surface area contributed by atoms with Crippen LogP contribution in [0.2, 0.25) is 0 Å². The van der Waals surface area contributed by atoms with Crippen LogP contribution in [0, 0.1) is 0 Å². The molecule has 0 aromatic heterocycles. The quantitative estimate of drug-likeness (QED) is 0.583. The van der Waals surface area contributed by atoms with Crippen LogP contribution in [0.25, 0.3) is 0 Å². The molecule has 0 saturated carbocycles. The largest absolute Gasteiger partial charge is 0.355 e. The van der Waals surface area contributed by atoms with Crippen molar-refractivity contribution in [3.8, 4) is 0 Å². The number of nitrogens with one attached hydrogen (secondary N) is 2. The van der Waals surface area contributed by atoms with E-state index in [1.807, 2.05) is 48.5 Å². The second kappa shape index (κ2) is 8.03. The number of imide groups is 1. The summed E-state index contributed by atoms with van der Waals surface area (Å²) in [6.45, 7) is 1.87. The first-order valence-corrected chi connectivity index (χ1v) is 9.01. The van der Waals surface area contributed by atoms with Gasteiger partial charge < -0.3 is 10.6 Å². The molecule has 1 saturated heterocycles. The van der Waals surface area contributed by atoms with Gasteiger partial charge in [0.05, 0.1) is 0 Å². The minimum Gasteiger partial charge on any atom is -0.355 e. The minimum absolute atomic E-state index is 0.279. The fourth-order valence-corrected chi connectivity index (χ4v) is 3.17. The molecule has 2 aromatic carbocycles. The van der Waals surface area contributed by atoms with Gasteiger partial charge in [-0.05, 0) is 30.9 Å². The van der Waals surface area contributed by atoms with E-state index in [0.717, 1.165) is 17.7 Å². The highest BCUT2D eigenvalue weighted by molar-refractivity contribution is 6.09. The van der Waals surface area contributed by atoms with Gasteiger partial charge in [-0.25, -0.2) is 4.79 Å². The number of aryl methyl sites for hydroxylation is 1. The molecule has 2 N–H and O–H groups in total. The molecule has 1 aliphatic heterocycles. The Hall–Kier alpha value is -3.15. The third-order valence-corrected chi connectivity index (χ3v) is 4.74. The SMILES string of the molecule is CC1(c2ccccc2)NC(=O)N(CC(=O)NCCCc2ccccc2)C1=O. The van der Waals surface area contributed by atoms with E-state index < -0.39 is 17.5 Å². The van der Waals surface area contributed by atoms with Gasteiger partial charge in [0.25, 0.3) is 5.91 Å². The van der Waals surface area contributed by atoms with Gasteiger partial charge in [0, 0.05) is 6.54 Å². The van der Waals surface area contributed by atoms with Crippen LogP contribution in [0.5, 0.6) is 0 Å². The van der Waals surface area contributed by atoms with Crippen molar-refractivity contribution in [3.63, 3.8) is 0 Å². The molecule has 6 nitrogen and oxygen atoms in total. The number of nitrogens with zero attached hydrogens (tertiary/aromatic N) is 1. The van der Waals surface area contributed by atoms with E-state index in [1.165, 1.54) is 5.56 Å². The molecule has 140 valence electrons. The molecule has 6 heteroatoms. The lowest BCUT2D eigenvalue weighted by Gasteiger charge is -2.22. The lowest BCUT2D eigenvalue weighted by atomic mass is 9.92. The molecular weight excluding hydrogens is 342 g/mol. The first-order chi connectivity index (χ1) is 13.0. The molecule has 1 atom stereocenters. The highest BCUT2D eigenvalue weighted by Gasteiger charge is 2.49. The van der Waals surface area contributed by atoms with Gasteiger partial charge in [0.2, 0.25) is 5.91 Å². The summed E-state index contributed by atoms with van der Waals surface area (Å²) >= 11 is 0. The fraction of sp³-hybridized carbons (Fsp3) is 0.286. The number of urea groups is 1. The van der Waals surface area contributed by atoms with E-state index in [2.05, 4.69) is 10.6 Å². The van der Waals surface area contributed by atoms with E-state index in [4.69, 9.17) is 0 Å². The topological polar surface area (TPSA) is 78.5 Å². The molecule has 0 radical (unpaired) electrons. The summed E-state index contributed by atoms with van der Waals surface area (Å²) in [5.74, 6) is -0.762. The molecular formula is C21H23N3O3. The van der Waals surface area contributed by atoms with Crippen molar-refractivity contribution in [1.29, 1.82) is 0 Å². The average molecular weight is 365 g/mol. The summed E-state index contributed by atoms with van der Waals surface area (Å²) in [5.41, 5.74) is 0.750. The number of carbonyl (C=O) groups excluding carboxylic acids is 3. The predicted octanol–water partition coefficient (Wildman–Crippen LogP) is 2.20. The Labute approximate surface area is 158 Å². The van der Waals surface area contributed by atoms with Crippen molar-refractivity contribution in [1.82, 2.24) is 15.5 Å². The maximum Gasteiger partial charge on any atom is 0.325 e. The van der Waals surface area contributed by atoms with Gasteiger partial charge in [-0.15, -0.1) is 0 Å². The maximum atomic E-state index is 12.8. The fourth-order valence-electron chi connectivity index (χ4n) is 3.17. The molecule has 2 aromatic rings. The van der Waals surface area contributed by atoms with E-state index in [0.29, 0.717) is 12.1 Å². The summed E-state index contributed by atoms with van der Waals surface area (Å²) in [5, 5.41) is 5.47. The molecule has 4 amide bonds. The molecule has 1 aliphatic rings. The van der Waals surface area contributed by atoms with Crippen LogP contribution in [0.3, 0.4) is 0 Å². The van der Waals surface area contributed by atoms with Crippen LogP contribution in [-0.2, 0) is 21.5 Å². The lowest BCUT2D eigenvalue weighted by Crippen LogP contribution is -2.43. The number of hydrogen-bond acceptors (Lipinski definition) is 3. The van der Waals surface area contributed by atoms with Gasteiger partial charge in [-0.3, -0.25) is 14.5 Å². The Morgan fingerprint density at radius 3 is 2.33 bits per heavy atom. The Morgan fingerprint density at radius 2 is 1.67 bits per heavy atom. The Balaban J connectivity index is 1.52. The van der Waals surface area contributed by atoms with Gasteiger partial charge in [-0.1, -0.05) is 60.7 Å². The van der Waals surface area contributed by atoms with Crippen molar-refractivity contribution in [2.75, 3.05) is 13.1 Å². The van der Waals surface area contributed by atoms with Crippen LogP contribution < -0.4 is 10.6 Å². The van der Waals surface area contributed by atoms with Crippen molar-refractivity contribution >= 4 is 17.8 Å². The van der Waals surface area contributed by atoms with Gasteiger partial charge in [0.15, 0.2) is 0 Å². The normalized spacial score (nSPS) is 19.1. The van der Waals surface area contributed by atoms with E-state index >= 15 is 0 Å². The zero-order valence-electron chi connectivity index (χ0n) is 15.3. The molecule has 0 aliphatic carbocycles. The highest BCUT2D eigenvalue weighted by atomic mass is 16.2. The van der Waals surface area contributed by atoms with Gasteiger partial charge >= 0.3 is 6.03 Å². The molecule has 0 spiro atoms. The van der Waals surface area contributed by atoms with E-state index in [1.54, 1.807) is 19.1 Å². The summed E-state index contributed by atoms with van der Waals surface area (Å²) < 4.78 is 0. The summed E-state index contributed by atoms with van der Waals surface area (Å²) in [7, 11) is 0. The lowest BCUT2D eigenvalue weighted by molar-refractivity contribution is -0.134. The van der Waals surface area contributed by atoms with E-state index in [-0.39, 0.29) is 12.5 Å². The smallest absolute Gasteiger partial charge is 0.325 e. The molecule has 0 bridgehead atoms. The van der Waals surface area contributed by atoms with Crippen molar-refractivity contribution in [2.45, 2.75) is 25.3 Å². The zero-order valence-corrected chi connectivity index (χ0v) is 15.3. The first kappa shape index (κ1) is 18.6. The second-order valence-electron chi connectivity index (χ2n) is 6.75. The van der Waals surface area contributed by atoms with E-state index in [9.17, 15) is 14.4 Å². The van der Waals surface area contributed by atoms with Crippen molar-refractivity contribution < 1.29 is 14.4 Å². The highest BCUT2D eigenvalue weighted by Crippen LogP contribution is 2.28. The number of rotatable bonds is 7. The van der Waals surface area contributed by atoms with Crippen LogP contribution >= 0.6 is 0 Å². The zero-order chi connectivity index (χ0) is 19.3. The minimum atomic E-state index is -1.15. The Kier molecular flexibility index (Phi) is 5.54. The second-order valence-corrected chi connectivity index (χ2v) is 6.75. The van der Waals surface area contributed by atoms with Crippen LogP contribution in [0.1, 0.15) is 24.5 Å². The molecule has 1 unspecified atom stereocenters. The summed E-state index contributed by atoms with van der Waals surface area (Å²) in [4.78, 5) is 38.1. The van der Waals surface area contributed by atoms with Crippen LogP contribution in [0.15, 0.2) is 60.7 Å². The number of carbonyl (C=O) groups is 3. The van der Waals surface area contributed by atoms with Gasteiger partial charge in [0.1, 0.15) is 12.1 Å². The molecule has 3 rings (SSSR count). The first-order valence-electron chi connectivity index (χ1n) is 9.01. The third kappa shape index (κ3) is 4.16. The maximum absolute atomic E-state index is 12.8. The molecule has 27 heavy (non-hydrogen) atoms. The van der Waals surface area contributed by atoms with Crippen LogP contribution in [0.4, 0.5) is 4.79 Å². The Morgan fingerprint density at radius 1 is 1.04 bits per heavy atom. The van der Waals surface area contributed by atoms with Gasteiger partial charge in [-0.2, -0.15) is 0 Å².